The lowest BCUT2D eigenvalue weighted by Crippen LogP contribution is -2.69. The maximum Gasteiger partial charge on any atom is 0.155 e. The number of benzene rings is 1. The van der Waals surface area contributed by atoms with Gasteiger partial charge in [-0.05, 0) is 12.1 Å². The lowest BCUT2D eigenvalue weighted by atomic mass is 10.2. The Bertz CT molecular complexity index is 406. The number of nitrogens with two attached hydrogens (primary N) is 1. The quantitative estimate of drug-likeness (QED) is 0.621. The molecule has 0 aliphatic rings. The molecule has 0 radical (unpaired) electrons. The monoisotopic (exact) mass is 162 g/mol. The Morgan fingerprint density at radius 2 is 2.08 bits per heavy atom. The number of nitrogens with zero attached hydrogens (tertiary/aromatic N) is 1. The topological polar surface area (TPSA) is 44.6 Å². The lowest BCUT2D eigenvalue weighted by Gasteiger charge is -1.96. The lowest BCUT2D eigenvalue weighted by molar-refractivity contribution is -0.495. The van der Waals surface area contributed by atoms with Crippen LogP contribution in [0.4, 0.5) is 5.69 Å². The SMILES string of the molecule is Cn1cc([NH2+][O-])c2ccccc21. The average molecular weight is 162 g/mol. The van der Waals surface area contributed by atoms with Gasteiger partial charge in [0, 0.05) is 7.05 Å². The molecule has 3 heteroatoms. The van der Waals surface area contributed by atoms with Gasteiger partial charge in [-0.15, -0.1) is 0 Å². The third kappa shape index (κ3) is 0.913. The fraction of sp³-hybridized carbons (Fsp3) is 0.111. The van der Waals surface area contributed by atoms with E-state index < -0.39 is 0 Å². The van der Waals surface area contributed by atoms with Crippen molar-refractivity contribution in [3.63, 3.8) is 0 Å². The normalized spacial score (nSPS) is 10.8. The van der Waals surface area contributed by atoms with Crippen LogP contribution in [-0.4, -0.2) is 4.57 Å². The van der Waals surface area contributed by atoms with Gasteiger partial charge in [0.15, 0.2) is 5.69 Å². The first kappa shape index (κ1) is 7.34. The van der Waals surface area contributed by atoms with Crippen LogP contribution in [-0.2, 0) is 7.05 Å². The smallest absolute Gasteiger partial charge is 0.155 e. The predicted octanol–water partition coefficient (Wildman–Crippen LogP) is 0.871. The van der Waals surface area contributed by atoms with E-state index in [2.05, 4.69) is 0 Å². The summed E-state index contributed by atoms with van der Waals surface area (Å²) < 4.78 is 1.96. The van der Waals surface area contributed by atoms with Crippen molar-refractivity contribution >= 4 is 16.6 Å². The molecular formula is C9H10N2O. The van der Waals surface area contributed by atoms with Gasteiger partial charge in [0.1, 0.15) is 0 Å². The molecule has 2 rings (SSSR count). The molecule has 3 nitrogen and oxygen atoms in total. The summed E-state index contributed by atoms with van der Waals surface area (Å²) in [6, 6.07) is 7.87. The minimum atomic E-state index is 0.758. The largest absolute Gasteiger partial charge is 0.630 e. The molecule has 1 aromatic heterocycles. The number of aryl methyl sites for hydroxylation is 1. The molecule has 2 aromatic rings. The zero-order valence-corrected chi connectivity index (χ0v) is 6.82. The van der Waals surface area contributed by atoms with Crippen LogP contribution in [0.5, 0.6) is 0 Å². The van der Waals surface area contributed by atoms with Crippen molar-refractivity contribution in [1.82, 2.24) is 4.57 Å². The minimum Gasteiger partial charge on any atom is -0.630 e. The maximum atomic E-state index is 10.6. The molecule has 0 spiro atoms. The Labute approximate surface area is 70.2 Å². The molecular weight excluding hydrogens is 152 g/mol. The molecule has 0 aliphatic heterocycles. The number of aromatic nitrogens is 1. The summed E-state index contributed by atoms with van der Waals surface area (Å²) in [5.41, 5.74) is 2.75. The van der Waals surface area contributed by atoms with E-state index in [1.807, 2.05) is 42.1 Å². The highest BCUT2D eigenvalue weighted by Crippen LogP contribution is 2.20. The van der Waals surface area contributed by atoms with Crippen molar-refractivity contribution in [2.45, 2.75) is 0 Å². The Kier molecular flexibility index (Phi) is 1.60. The summed E-state index contributed by atoms with van der Waals surface area (Å²) in [7, 11) is 1.94. The number of para-hydroxylation sites is 1. The molecule has 0 saturated carbocycles. The van der Waals surface area contributed by atoms with Crippen molar-refractivity contribution in [3.05, 3.63) is 35.7 Å². The first-order valence-electron chi connectivity index (χ1n) is 3.82. The van der Waals surface area contributed by atoms with Gasteiger partial charge in [-0.1, -0.05) is 12.1 Å². The number of hydrogen-bond acceptors (Lipinski definition) is 1. The van der Waals surface area contributed by atoms with Crippen LogP contribution >= 0.6 is 0 Å². The Morgan fingerprint density at radius 1 is 1.33 bits per heavy atom. The zero-order chi connectivity index (χ0) is 8.55. The summed E-state index contributed by atoms with van der Waals surface area (Å²) in [4.78, 5) is 0. The van der Waals surface area contributed by atoms with Crippen LogP contribution in [0.15, 0.2) is 30.5 Å². The van der Waals surface area contributed by atoms with Crippen LogP contribution in [0.2, 0.25) is 0 Å². The van der Waals surface area contributed by atoms with Crippen LogP contribution in [0.3, 0.4) is 0 Å². The average Bonchev–Trinajstić information content (AvgIpc) is 2.44. The molecule has 0 atom stereocenters. The first-order chi connectivity index (χ1) is 5.83. The molecule has 0 unspecified atom stereocenters. The summed E-state index contributed by atoms with van der Waals surface area (Å²) in [6.07, 6.45) is 1.84. The van der Waals surface area contributed by atoms with E-state index in [-0.39, 0.29) is 0 Å². The summed E-state index contributed by atoms with van der Waals surface area (Å²) >= 11 is 0. The second-order valence-electron chi connectivity index (χ2n) is 2.83. The highest BCUT2D eigenvalue weighted by atomic mass is 16.5. The summed E-state index contributed by atoms with van der Waals surface area (Å²) in [5, 5.41) is 11.6. The van der Waals surface area contributed by atoms with Crippen LogP contribution in [0.1, 0.15) is 0 Å². The Hall–Kier alpha value is -1.32. The van der Waals surface area contributed by atoms with Crippen molar-refractivity contribution < 1.29 is 5.48 Å². The van der Waals surface area contributed by atoms with Crippen molar-refractivity contribution in [1.29, 1.82) is 0 Å². The van der Waals surface area contributed by atoms with Crippen molar-refractivity contribution in [2.24, 2.45) is 7.05 Å². The van der Waals surface area contributed by atoms with Crippen LogP contribution in [0, 0.1) is 5.21 Å². The molecule has 0 aliphatic carbocycles. The molecule has 12 heavy (non-hydrogen) atoms. The molecule has 1 aromatic carbocycles. The second-order valence-corrected chi connectivity index (χ2v) is 2.83. The highest BCUT2D eigenvalue weighted by Gasteiger charge is 2.04. The Balaban J connectivity index is 2.82. The number of hydrogen-bond donors (Lipinski definition) is 1. The molecule has 62 valence electrons. The fourth-order valence-corrected chi connectivity index (χ4v) is 1.47. The zero-order valence-electron chi connectivity index (χ0n) is 6.82. The van der Waals surface area contributed by atoms with Gasteiger partial charge in [0.05, 0.1) is 17.1 Å². The molecule has 0 saturated heterocycles. The number of rotatable bonds is 1. The van der Waals surface area contributed by atoms with Gasteiger partial charge in [0.2, 0.25) is 0 Å². The van der Waals surface area contributed by atoms with Gasteiger partial charge in [-0.3, -0.25) is 0 Å². The van der Waals surface area contributed by atoms with E-state index in [9.17, 15) is 5.21 Å². The predicted molar refractivity (Wildman–Crippen MR) is 47.9 cm³/mol. The van der Waals surface area contributed by atoms with E-state index >= 15 is 0 Å². The van der Waals surface area contributed by atoms with Gasteiger partial charge in [-0.2, -0.15) is 0 Å². The maximum absolute atomic E-state index is 10.6. The second kappa shape index (κ2) is 2.62. The minimum absolute atomic E-state index is 0.758. The van der Waals surface area contributed by atoms with E-state index in [1.165, 1.54) is 0 Å². The van der Waals surface area contributed by atoms with Crippen LogP contribution in [0.25, 0.3) is 10.9 Å². The summed E-state index contributed by atoms with van der Waals surface area (Å²) in [5.74, 6) is 0. The fourth-order valence-electron chi connectivity index (χ4n) is 1.47. The molecule has 0 bridgehead atoms. The third-order valence-corrected chi connectivity index (χ3v) is 2.05. The van der Waals surface area contributed by atoms with Crippen molar-refractivity contribution in [3.8, 4) is 0 Å². The van der Waals surface area contributed by atoms with Crippen LogP contribution < -0.4 is 5.48 Å². The van der Waals surface area contributed by atoms with E-state index in [0.29, 0.717) is 0 Å². The third-order valence-electron chi connectivity index (χ3n) is 2.05. The van der Waals surface area contributed by atoms with Gasteiger partial charge in [-0.25, -0.2) is 0 Å². The molecule has 2 N–H and O–H groups in total. The van der Waals surface area contributed by atoms with E-state index in [1.54, 1.807) is 0 Å². The van der Waals surface area contributed by atoms with E-state index in [4.69, 9.17) is 0 Å². The Morgan fingerprint density at radius 3 is 2.83 bits per heavy atom. The molecule has 1 heterocycles. The molecule has 0 fully saturated rings. The van der Waals surface area contributed by atoms with Gasteiger partial charge < -0.3 is 15.3 Å². The van der Waals surface area contributed by atoms with Crippen molar-refractivity contribution in [2.75, 3.05) is 0 Å². The summed E-state index contributed by atoms with van der Waals surface area (Å²) in [6.45, 7) is 0. The number of fused-ring (bicyclic) bond motifs is 1. The van der Waals surface area contributed by atoms with Gasteiger partial charge in [0.25, 0.3) is 0 Å². The first-order valence-corrected chi connectivity index (χ1v) is 3.82. The number of quaternary nitrogens is 1. The van der Waals surface area contributed by atoms with Gasteiger partial charge >= 0.3 is 0 Å². The molecule has 0 amide bonds. The highest BCUT2D eigenvalue weighted by molar-refractivity contribution is 5.89. The van der Waals surface area contributed by atoms with E-state index in [0.717, 1.165) is 22.1 Å². The standard InChI is InChI=1S/C9H10N2O/c1-11-6-8(10-12)7-4-2-3-5-9(7)11/h2-6H,10H2,1H3.